The predicted molar refractivity (Wildman–Crippen MR) is 83.5 cm³/mol. The molecule has 0 spiro atoms. The maximum Gasteiger partial charge on any atom is 0.240 e. The molecule has 116 valence electrons. The number of likely N-dealkylation sites (N-methyl/N-ethyl adjacent to an activating group) is 1. The van der Waals surface area contributed by atoms with Crippen LogP contribution in [0.15, 0.2) is 18.2 Å². The number of hydrogen-bond donors (Lipinski definition) is 1. The Bertz CT molecular complexity index is 502. The van der Waals surface area contributed by atoms with Crippen molar-refractivity contribution in [2.24, 2.45) is 0 Å². The Labute approximate surface area is 126 Å². The second-order valence-corrected chi connectivity index (χ2v) is 5.74. The summed E-state index contributed by atoms with van der Waals surface area (Å²) in [6.07, 6.45) is 0. The van der Waals surface area contributed by atoms with Crippen LogP contribution in [0, 0.1) is 6.92 Å². The van der Waals surface area contributed by atoms with E-state index in [0.29, 0.717) is 6.54 Å². The van der Waals surface area contributed by atoms with Crippen molar-refractivity contribution in [2.75, 3.05) is 40.8 Å². The van der Waals surface area contributed by atoms with Crippen LogP contribution in [0.25, 0.3) is 0 Å². The van der Waals surface area contributed by atoms with Crippen LogP contribution in [0.5, 0.6) is 5.75 Å². The molecule has 21 heavy (non-hydrogen) atoms. The zero-order valence-corrected chi connectivity index (χ0v) is 13.3. The SMILES string of the molecule is COc1ccc(C)cc1CN1CCNCC1C(=O)N(C)C. The van der Waals surface area contributed by atoms with Crippen molar-refractivity contribution in [1.82, 2.24) is 15.1 Å². The van der Waals surface area contributed by atoms with Crippen molar-refractivity contribution in [3.05, 3.63) is 29.3 Å². The Kier molecular flexibility index (Phi) is 5.20. The largest absolute Gasteiger partial charge is 0.496 e. The van der Waals surface area contributed by atoms with E-state index in [4.69, 9.17) is 4.74 Å². The Hall–Kier alpha value is -1.59. The number of piperazine rings is 1. The van der Waals surface area contributed by atoms with Gasteiger partial charge in [0.05, 0.1) is 7.11 Å². The molecule has 0 aromatic heterocycles. The van der Waals surface area contributed by atoms with Gasteiger partial charge in [0.2, 0.25) is 5.91 Å². The summed E-state index contributed by atoms with van der Waals surface area (Å²) in [5.74, 6) is 1.03. The van der Waals surface area contributed by atoms with Crippen molar-refractivity contribution in [2.45, 2.75) is 19.5 Å². The molecule has 1 fully saturated rings. The molecule has 5 heteroatoms. The smallest absolute Gasteiger partial charge is 0.240 e. The van der Waals surface area contributed by atoms with E-state index in [1.165, 1.54) is 5.56 Å². The average Bonchev–Trinajstić information content (AvgIpc) is 2.47. The summed E-state index contributed by atoms with van der Waals surface area (Å²) in [7, 11) is 5.30. The highest BCUT2D eigenvalue weighted by Gasteiger charge is 2.30. The number of methoxy groups -OCH3 is 1. The first-order valence-corrected chi connectivity index (χ1v) is 7.32. The molecule has 1 unspecified atom stereocenters. The molecular formula is C16H25N3O2. The molecule has 1 aromatic rings. The van der Waals surface area contributed by atoms with Gasteiger partial charge in [-0.1, -0.05) is 17.7 Å². The highest BCUT2D eigenvalue weighted by molar-refractivity contribution is 5.81. The lowest BCUT2D eigenvalue weighted by molar-refractivity contribution is -0.135. The van der Waals surface area contributed by atoms with Gasteiger partial charge in [0.1, 0.15) is 11.8 Å². The molecule has 1 aliphatic rings. The van der Waals surface area contributed by atoms with E-state index in [-0.39, 0.29) is 11.9 Å². The third-order valence-corrected chi connectivity index (χ3v) is 3.89. The van der Waals surface area contributed by atoms with Crippen molar-refractivity contribution >= 4 is 5.91 Å². The van der Waals surface area contributed by atoms with E-state index in [1.807, 2.05) is 26.2 Å². The lowest BCUT2D eigenvalue weighted by Crippen LogP contribution is -2.57. The summed E-state index contributed by atoms with van der Waals surface area (Å²) in [5.41, 5.74) is 2.34. The summed E-state index contributed by atoms with van der Waals surface area (Å²) < 4.78 is 5.45. The van der Waals surface area contributed by atoms with Crippen molar-refractivity contribution in [3.63, 3.8) is 0 Å². The molecule has 0 radical (unpaired) electrons. The molecule has 0 bridgehead atoms. The first-order chi connectivity index (χ1) is 10.0. The zero-order valence-electron chi connectivity index (χ0n) is 13.3. The van der Waals surface area contributed by atoms with Gasteiger partial charge in [-0.15, -0.1) is 0 Å². The molecule has 2 rings (SSSR count). The average molecular weight is 291 g/mol. The predicted octanol–water partition coefficient (Wildman–Crippen LogP) is 0.866. The third-order valence-electron chi connectivity index (χ3n) is 3.89. The van der Waals surface area contributed by atoms with E-state index in [2.05, 4.69) is 23.2 Å². The van der Waals surface area contributed by atoms with Crippen LogP contribution in [0.1, 0.15) is 11.1 Å². The second-order valence-electron chi connectivity index (χ2n) is 5.74. The van der Waals surface area contributed by atoms with Crippen molar-refractivity contribution in [3.8, 4) is 5.75 Å². The monoisotopic (exact) mass is 291 g/mol. The number of nitrogens with zero attached hydrogens (tertiary/aromatic N) is 2. The lowest BCUT2D eigenvalue weighted by Gasteiger charge is -2.36. The summed E-state index contributed by atoms with van der Waals surface area (Å²) in [6, 6.07) is 6.06. The van der Waals surface area contributed by atoms with Crippen LogP contribution in [-0.4, -0.2) is 62.6 Å². The van der Waals surface area contributed by atoms with Gasteiger partial charge in [-0.2, -0.15) is 0 Å². The molecule has 0 saturated carbocycles. The highest BCUT2D eigenvalue weighted by atomic mass is 16.5. The van der Waals surface area contributed by atoms with Crippen molar-refractivity contribution < 1.29 is 9.53 Å². The number of carbonyl (C=O) groups is 1. The Balaban J connectivity index is 2.19. The van der Waals surface area contributed by atoms with E-state index in [9.17, 15) is 4.79 Å². The minimum atomic E-state index is -0.112. The molecule has 1 heterocycles. The lowest BCUT2D eigenvalue weighted by atomic mass is 10.1. The fraction of sp³-hybridized carbons (Fsp3) is 0.562. The van der Waals surface area contributed by atoms with Gasteiger partial charge >= 0.3 is 0 Å². The number of hydrogen-bond acceptors (Lipinski definition) is 4. The van der Waals surface area contributed by atoms with Gasteiger partial charge in [-0.05, 0) is 13.0 Å². The standard InChI is InChI=1S/C16H25N3O2/c1-12-5-6-15(21-4)13(9-12)11-19-8-7-17-10-14(19)16(20)18(2)3/h5-6,9,14,17H,7-8,10-11H2,1-4H3. The van der Waals surface area contributed by atoms with Crippen LogP contribution in [0.3, 0.4) is 0 Å². The molecule has 1 atom stereocenters. The minimum Gasteiger partial charge on any atom is -0.496 e. The molecule has 1 aromatic carbocycles. The van der Waals surface area contributed by atoms with Gasteiger partial charge in [0.25, 0.3) is 0 Å². The Morgan fingerprint density at radius 3 is 2.90 bits per heavy atom. The molecule has 5 nitrogen and oxygen atoms in total. The van der Waals surface area contributed by atoms with Gasteiger partial charge in [-0.3, -0.25) is 9.69 Å². The van der Waals surface area contributed by atoms with Gasteiger partial charge in [0, 0.05) is 45.8 Å². The summed E-state index contributed by atoms with van der Waals surface area (Å²) in [5, 5.41) is 3.31. The first-order valence-electron chi connectivity index (χ1n) is 7.32. The minimum absolute atomic E-state index is 0.112. The summed E-state index contributed by atoms with van der Waals surface area (Å²) in [4.78, 5) is 16.2. The van der Waals surface area contributed by atoms with Crippen LogP contribution in [0.4, 0.5) is 0 Å². The molecule has 1 N–H and O–H groups in total. The van der Waals surface area contributed by atoms with Crippen LogP contribution in [0.2, 0.25) is 0 Å². The van der Waals surface area contributed by atoms with Gasteiger partial charge in [0.15, 0.2) is 0 Å². The molecule has 1 saturated heterocycles. The third kappa shape index (κ3) is 3.74. The van der Waals surface area contributed by atoms with Crippen LogP contribution in [-0.2, 0) is 11.3 Å². The van der Waals surface area contributed by atoms with E-state index >= 15 is 0 Å². The van der Waals surface area contributed by atoms with Crippen LogP contribution < -0.4 is 10.1 Å². The fourth-order valence-electron chi connectivity index (χ4n) is 2.73. The summed E-state index contributed by atoms with van der Waals surface area (Å²) in [6.45, 7) is 5.28. The number of ether oxygens (including phenoxy) is 1. The van der Waals surface area contributed by atoms with Gasteiger partial charge < -0.3 is 15.0 Å². The van der Waals surface area contributed by atoms with E-state index in [0.717, 1.165) is 30.9 Å². The number of rotatable bonds is 4. The van der Waals surface area contributed by atoms with Crippen LogP contribution >= 0.6 is 0 Å². The Morgan fingerprint density at radius 2 is 2.24 bits per heavy atom. The van der Waals surface area contributed by atoms with E-state index in [1.54, 1.807) is 12.0 Å². The normalized spacial score (nSPS) is 19.3. The maximum atomic E-state index is 12.3. The quantitative estimate of drug-likeness (QED) is 0.894. The number of aryl methyl sites for hydroxylation is 1. The zero-order chi connectivity index (χ0) is 15.4. The number of amides is 1. The molecule has 1 amide bonds. The first kappa shape index (κ1) is 15.8. The number of nitrogens with one attached hydrogen (secondary N) is 1. The number of benzene rings is 1. The van der Waals surface area contributed by atoms with E-state index < -0.39 is 0 Å². The molecule has 0 aliphatic carbocycles. The van der Waals surface area contributed by atoms with Gasteiger partial charge in [-0.25, -0.2) is 0 Å². The molecule has 1 aliphatic heterocycles. The van der Waals surface area contributed by atoms with Crippen molar-refractivity contribution in [1.29, 1.82) is 0 Å². The topological polar surface area (TPSA) is 44.8 Å². The Morgan fingerprint density at radius 1 is 1.48 bits per heavy atom. The molecular weight excluding hydrogens is 266 g/mol. The summed E-state index contributed by atoms with van der Waals surface area (Å²) >= 11 is 0. The second kappa shape index (κ2) is 6.91. The maximum absolute atomic E-state index is 12.3. The highest BCUT2D eigenvalue weighted by Crippen LogP contribution is 2.23. The fourth-order valence-corrected chi connectivity index (χ4v) is 2.73. The number of carbonyl (C=O) groups excluding carboxylic acids is 1.